The highest BCUT2D eigenvalue weighted by Crippen LogP contribution is 2.33. The summed E-state index contributed by atoms with van der Waals surface area (Å²) in [6.07, 6.45) is 11.4. The van der Waals surface area contributed by atoms with Gasteiger partial charge in [-0.15, -0.1) is 0 Å². The maximum absolute atomic E-state index is 12.9. The van der Waals surface area contributed by atoms with Crippen LogP contribution < -0.4 is 20.3 Å². The van der Waals surface area contributed by atoms with Crippen molar-refractivity contribution in [1.82, 2.24) is 29.4 Å². The van der Waals surface area contributed by atoms with E-state index < -0.39 is 21.8 Å². The van der Waals surface area contributed by atoms with E-state index in [1.807, 2.05) is 27.7 Å². The minimum atomic E-state index is -1.00. The van der Waals surface area contributed by atoms with Gasteiger partial charge in [0.05, 0.1) is 57.4 Å². The molecule has 4 aromatic rings. The van der Waals surface area contributed by atoms with E-state index in [4.69, 9.17) is 9.68 Å². The van der Waals surface area contributed by atoms with Crippen LogP contribution in [0.15, 0.2) is 37.2 Å². The summed E-state index contributed by atoms with van der Waals surface area (Å²) in [5, 5.41) is 30.4. The van der Waals surface area contributed by atoms with E-state index in [1.54, 1.807) is 36.2 Å². The fraction of sp³-hybridized carbons (Fsp3) is 0.471. The van der Waals surface area contributed by atoms with Crippen LogP contribution >= 0.6 is 23.5 Å². The van der Waals surface area contributed by atoms with Gasteiger partial charge in [0.1, 0.15) is 0 Å². The highest BCUT2D eigenvalue weighted by atomic mass is 32.2. The van der Waals surface area contributed by atoms with Crippen molar-refractivity contribution in [3.63, 3.8) is 0 Å². The van der Waals surface area contributed by atoms with Crippen LogP contribution in [0.1, 0.15) is 73.4 Å². The van der Waals surface area contributed by atoms with Gasteiger partial charge in [-0.3, -0.25) is 20.2 Å². The number of anilines is 2. The maximum Gasteiger partial charge on any atom is 0.356 e. The third-order valence-electron chi connectivity index (χ3n) is 8.16. The first-order valence-electron chi connectivity index (χ1n) is 17.5. The van der Waals surface area contributed by atoms with Crippen LogP contribution in [0.25, 0.3) is 0 Å². The Balaban J connectivity index is 1.44. The number of nitrogens with zero attached hydrogens (tertiary/aromatic N) is 6. The first-order chi connectivity index (χ1) is 26.0. The molecule has 0 aromatic carbocycles. The molecule has 0 spiro atoms. The van der Waals surface area contributed by atoms with Gasteiger partial charge in [-0.2, -0.15) is 33.0 Å². The van der Waals surface area contributed by atoms with E-state index in [0.717, 1.165) is 57.2 Å². The average Bonchev–Trinajstić information content (AvgIpc) is 3.91. The molecule has 0 unspecified atom stereocenters. The number of rotatable bonds is 24. The number of aromatic amines is 2. The molecule has 0 aliphatic rings. The molecule has 20 heteroatoms. The monoisotopic (exact) mass is 786 g/mol. The Hall–Kier alpha value is -5.24. The third kappa shape index (κ3) is 11.6. The summed E-state index contributed by atoms with van der Waals surface area (Å²) < 4.78 is 2.01. The highest BCUT2D eigenvalue weighted by molar-refractivity contribution is 7.98. The predicted molar refractivity (Wildman–Crippen MR) is 208 cm³/mol. The lowest BCUT2D eigenvalue weighted by Crippen LogP contribution is -2.22. The highest BCUT2D eigenvalue weighted by Gasteiger charge is 2.29. The van der Waals surface area contributed by atoms with Crippen molar-refractivity contribution < 1.29 is 29.1 Å². The molecule has 0 bridgehead atoms. The Bertz CT molecular complexity index is 1780. The van der Waals surface area contributed by atoms with Crippen LogP contribution in [0.3, 0.4) is 0 Å². The van der Waals surface area contributed by atoms with Gasteiger partial charge in [0.15, 0.2) is 0 Å². The van der Waals surface area contributed by atoms with Gasteiger partial charge in [-0.05, 0) is 39.5 Å². The van der Waals surface area contributed by atoms with Crippen LogP contribution in [-0.4, -0.2) is 75.8 Å². The van der Waals surface area contributed by atoms with Gasteiger partial charge in [0.2, 0.25) is 11.6 Å². The lowest BCUT2D eigenvalue weighted by molar-refractivity contribution is -0.384. The Kier molecular flexibility index (Phi) is 16.0. The smallest absolute Gasteiger partial charge is 0.356 e. The van der Waals surface area contributed by atoms with E-state index in [-0.39, 0.29) is 23.0 Å². The van der Waals surface area contributed by atoms with Gasteiger partial charge in [-0.1, -0.05) is 26.7 Å². The molecule has 0 fully saturated rings. The largest absolute Gasteiger partial charge is 0.362 e. The quantitative estimate of drug-likeness (QED) is 0.0289. The van der Waals surface area contributed by atoms with E-state index in [1.165, 1.54) is 12.4 Å². The fourth-order valence-electron chi connectivity index (χ4n) is 5.30. The van der Waals surface area contributed by atoms with Gasteiger partial charge >= 0.3 is 23.3 Å². The zero-order valence-electron chi connectivity index (χ0n) is 30.7. The number of carbonyl (C=O) groups is 2. The van der Waals surface area contributed by atoms with Crippen molar-refractivity contribution in [2.75, 3.05) is 35.2 Å². The Morgan fingerprint density at radius 1 is 0.778 bits per heavy atom. The number of carbonyl (C=O) groups excluding carboxylic acids is 2. The van der Waals surface area contributed by atoms with E-state index in [0.29, 0.717) is 72.9 Å². The number of H-pyrrole nitrogens is 2. The SMILES string of the molecule is CCCCc1cn(OC(=O)/C=C\C(=O)On2cc(CCCC)c([N+](=O)[O-])c2NCCSCc2nc[nH]c2C)c(NCCSCc2nc[nH]c2C)c1[N+](=O)[O-]. The molecule has 54 heavy (non-hydrogen) atoms. The normalized spacial score (nSPS) is 11.3. The first-order valence-corrected chi connectivity index (χ1v) is 19.9. The number of thioether (sulfide) groups is 2. The molecule has 4 rings (SSSR count). The number of unbranched alkanes of at least 4 members (excludes halogenated alkanes) is 2. The summed E-state index contributed by atoms with van der Waals surface area (Å²) in [5.41, 5.74) is 4.16. The lowest BCUT2D eigenvalue weighted by Gasteiger charge is -2.10. The molecule has 292 valence electrons. The summed E-state index contributed by atoms with van der Waals surface area (Å²) in [4.78, 5) is 74.6. The Labute approximate surface area is 320 Å². The van der Waals surface area contributed by atoms with Crippen molar-refractivity contribution in [1.29, 1.82) is 0 Å². The molecule has 0 amide bonds. The van der Waals surface area contributed by atoms with Crippen molar-refractivity contribution in [3.8, 4) is 0 Å². The molecule has 0 saturated carbocycles. The van der Waals surface area contributed by atoms with Crippen LogP contribution in [0.4, 0.5) is 23.0 Å². The zero-order valence-corrected chi connectivity index (χ0v) is 32.3. The van der Waals surface area contributed by atoms with Gasteiger partial charge < -0.3 is 30.3 Å². The van der Waals surface area contributed by atoms with Crippen molar-refractivity contribution in [3.05, 3.63) is 91.3 Å². The molecule has 0 aliphatic carbocycles. The van der Waals surface area contributed by atoms with Crippen LogP contribution in [0.5, 0.6) is 0 Å². The van der Waals surface area contributed by atoms with Gasteiger partial charge in [0, 0.05) is 59.6 Å². The lowest BCUT2D eigenvalue weighted by atomic mass is 10.1. The molecule has 0 saturated heterocycles. The molecule has 4 N–H and O–H groups in total. The summed E-state index contributed by atoms with van der Waals surface area (Å²) in [6.45, 7) is 8.44. The number of aryl methyl sites for hydroxylation is 4. The number of imidazole rings is 2. The molecule has 4 aromatic heterocycles. The zero-order chi connectivity index (χ0) is 39.0. The predicted octanol–water partition coefficient (Wildman–Crippen LogP) is 5.71. The number of nitrogens with one attached hydrogen (secondary N) is 4. The number of nitro groups is 2. The molecule has 18 nitrogen and oxygen atoms in total. The molecule has 0 radical (unpaired) electrons. The Morgan fingerprint density at radius 2 is 1.19 bits per heavy atom. The van der Waals surface area contributed by atoms with Crippen LogP contribution in [0, 0.1) is 34.1 Å². The molecular formula is C34H46N10O8S2. The topological polar surface area (TPSA) is 230 Å². The average molecular weight is 787 g/mol. The van der Waals surface area contributed by atoms with E-state index in [9.17, 15) is 29.8 Å². The van der Waals surface area contributed by atoms with E-state index in [2.05, 4.69) is 30.6 Å². The summed E-state index contributed by atoms with van der Waals surface area (Å²) in [5.74, 6) is 0.450. The molecular weight excluding hydrogens is 741 g/mol. The number of aromatic nitrogens is 6. The number of hydrogen-bond acceptors (Lipinski definition) is 14. The minimum Gasteiger partial charge on any atom is -0.362 e. The summed E-state index contributed by atoms with van der Waals surface area (Å²) in [6, 6.07) is 0. The fourth-order valence-corrected chi connectivity index (χ4v) is 7.05. The minimum absolute atomic E-state index is 0.000357. The second kappa shape index (κ2) is 20.9. The van der Waals surface area contributed by atoms with Crippen LogP contribution in [0.2, 0.25) is 0 Å². The van der Waals surface area contributed by atoms with Crippen LogP contribution in [-0.2, 0) is 33.9 Å². The Morgan fingerprint density at radius 3 is 1.52 bits per heavy atom. The van der Waals surface area contributed by atoms with Gasteiger partial charge in [-0.25, -0.2) is 19.6 Å². The number of hydrogen-bond donors (Lipinski definition) is 4. The molecule has 0 aliphatic heterocycles. The van der Waals surface area contributed by atoms with Crippen molar-refractivity contribution in [2.45, 2.75) is 77.7 Å². The molecule has 0 atom stereocenters. The second-order valence-corrected chi connectivity index (χ2v) is 14.3. The summed E-state index contributed by atoms with van der Waals surface area (Å²) in [7, 11) is 0. The standard InChI is InChI=1S/C34H46N10O8S2/c1-5-7-9-25-17-41(33(31(25)43(47)48)35-13-15-53-19-27-23(3)37-21-39-27)51-29(45)11-12-30(46)52-42-18-26(10-8-6-2)32(44(49)50)34(42)36-14-16-54-20-28-24(4)38-22-40-28/h11-12,17-18,21-22,35-36H,5-10,13-16,19-20H2,1-4H3,(H,37,39)(H,38,40)/b12-11-. The summed E-state index contributed by atoms with van der Waals surface area (Å²) >= 11 is 3.17. The first kappa shape index (κ1) is 41.5. The van der Waals surface area contributed by atoms with Gasteiger partial charge in [0.25, 0.3) is 0 Å². The van der Waals surface area contributed by atoms with Crippen molar-refractivity contribution >= 4 is 58.5 Å². The second-order valence-electron chi connectivity index (χ2n) is 12.1. The van der Waals surface area contributed by atoms with Crippen molar-refractivity contribution in [2.24, 2.45) is 0 Å². The molecule has 4 heterocycles. The van der Waals surface area contributed by atoms with E-state index >= 15 is 0 Å². The third-order valence-corrected chi connectivity index (χ3v) is 10.1. The maximum atomic E-state index is 12.9.